The van der Waals surface area contributed by atoms with Crippen molar-refractivity contribution in [1.82, 2.24) is 20.4 Å². The number of nitrogens with zero attached hydrogens (tertiary/aromatic N) is 2. The molecule has 8 heteroatoms. The van der Waals surface area contributed by atoms with Crippen LogP contribution in [0.5, 0.6) is 0 Å². The molecule has 0 atom stereocenters. The average Bonchev–Trinajstić information content (AvgIpc) is 2.73. The smallest absolute Gasteiger partial charge is 0.294 e. The fourth-order valence-electron chi connectivity index (χ4n) is 2.78. The highest BCUT2D eigenvalue weighted by Crippen LogP contribution is 2.40. The summed E-state index contributed by atoms with van der Waals surface area (Å²) >= 11 is 0. The van der Waals surface area contributed by atoms with E-state index in [4.69, 9.17) is 0 Å². The van der Waals surface area contributed by atoms with Crippen molar-refractivity contribution in [1.29, 1.82) is 0 Å². The van der Waals surface area contributed by atoms with Crippen molar-refractivity contribution >= 4 is 29.2 Å². The number of Topliss-reactive ketones (excluding diaryl/α,β-unsaturated/α-hetero) is 1. The number of allylic oxidation sites excluding steroid dienone is 1. The minimum absolute atomic E-state index is 0.0156. The van der Waals surface area contributed by atoms with Crippen LogP contribution >= 0.6 is 0 Å². The van der Waals surface area contributed by atoms with Crippen LogP contribution in [0.4, 0.5) is 4.79 Å². The second-order valence-electron chi connectivity index (χ2n) is 6.01. The normalized spacial score (nSPS) is 20.7. The quantitative estimate of drug-likeness (QED) is 0.504. The van der Waals surface area contributed by atoms with Gasteiger partial charge < -0.3 is 0 Å². The van der Waals surface area contributed by atoms with Gasteiger partial charge >= 0.3 is 6.03 Å². The topological polar surface area (TPSA) is 110 Å². The van der Waals surface area contributed by atoms with Crippen LogP contribution in [0.1, 0.15) is 25.1 Å². The van der Waals surface area contributed by atoms with E-state index in [1.807, 2.05) is 10.6 Å². The molecule has 0 saturated carbocycles. The van der Waals surface area contributed by atoms with E-state index in [0.717, 1.165) is 5.69 Å². The summed E-state index contributed by atoms with van der Waals surface area (Å²) < 4.78 is 1.62. The lowest BCUT2D eigenvalue weighted by molar-refractivity contribution is -0.126. The van der Waals surface area contributed by atoms with Gasteiger partial charge in [0.1, 0.15) is 5.57 Å². The summed E-state index contributed by atoms with van der Waals surface area (Å²) in [6.07, 6.45) is 1.92. The fraction of sp³-hybridized carbons (Fsp3) is 0.357. The number of hydrogen-bond donors (Lipinski definition) is 2. The lowest BCUT2D eigenvalue weighted by atomic mass is 9.71. The highest BCUT2D eigenvalue weighted by Gasteiger charge is 2.44. The second-order valence-corrected chi connectivity index (χ2v) is 6.01. The first-order valence-electron chi connectivity index (χ1n) is 6.69. The largest absolute Gasteiger partial charge is 0.328 e. The van der Waals surface area contributed by atoms with Gasteiger partial charge in [-0.1, -0.05) is 13.8 Å². The Morgan fingerprint density at radius 2 is 1.68 bits per heavy atom. The lowest BCUT2D eigenvalue weighted by Crippen LogP contribution is -2.52. The van der Waals surface area contributed by atoms with E-state index < -0.39 is 23.3 Å². The van der Waals surface area contributed by atoms with Crippen molar-refractivity contribution in [3.05, 3.63) is 23.0 Å². The third-order valence-electron chi connectivity index (χ3n) is 3.94. The maximum Gasteiger partial charge on any atom is 0.328 e. The zero-order valence-corrected chi connectivity index (χ0v) is 12.3. The fourth-order valence-corrected chi connectivity index (χ4v) is 2.78. The number of amides is 4. The number of rotatable bonds is 0. The van der Waals surface area contributed by atoms with Gasteiger partial charge in [0.2, 0.25) is 0 Å². The molecule has 0 aromatic carbocycles. The van der Waals surface area contributed by atoms with Gasteiger partial charge in [-0.05, 0) is 0 Å². The summed E-state index contributed by atoms with van der Waals surface area (Å²) in [5, 5.41) is 8.10. The third-order valence-corrected chi connectivity index (χ3v) is 3.94. The molecule has 4 amide bonds. The number of carbonyl (C=O) groups is 4. The highest BCUT2D eigenvalue weighted by molar-refractivity contribution is 6.41. The van der Waals surface area contributed by atoms with Crippen LogP contribution in [0.15, 0.2) is 11.8 Å². The van der Waals surface area contributed by atoms with E-state index in [1.165, 1.54) is 6.20 Å². The van der Waals surface area contributed by atoms with Crippen molar-refractivity contribution < 1.29 is 19.2 Å². The number of imide groups is 2. The molecule has 0 spiro atoms. The Morgan fingerprint density at radius 1 is 1.09 bits per heavy atom. The van der Waals surface area contributed by atoms with Crippen LogP contribution < -0.4 is 10.6 Å². The number of aromatic nitrogens is 2. The van der Waals surface area contributed by atoms with E-state index >= 15 is 0 Å². The number of hydrogen-bond acceptors (Lipinski definition) is 5. The molecule has 1 saturated heterocycles. The Balaban J connectivity index is 2.30. The Bertz CT molecular complexity index is 763. The first-order valence-corrected chi connectivity index (χ1v) is 6.69. The van der Waals surface area contributed by atoms with Crippen molar-refractivity contribution in [3.63, 3.8) is 0 Å². The average molecular weight is 302 g/mol. The molecule has 0 radical (unpaired) electrons. The molecule has 2 N–H and O–H groups in total. The Labute approximate surface area is 125 Å². The van der Waals surface area contributed by atoms with Crippen molar-refractivity contribution in [2.75, 3.05) is 0 Å². The van der Waals surface area contributed by atoms with E-state index in [9.17, 15) is 19.2 Å². The first-order chi connectivity index (χ1) is 10.2. The van der Waals surface area contributed by atoms with Crippen LogP contribution in [0.2, 0.25) is 0 Å². The third kappa shape index (κ3) is 1.87. The Morgan fingerprint density at radius 3 is 2.27 bits per heavy atom. The maximum absolute atomic E-state index is 12.8. The van der Waals surface area contributed by atoms with Gasteiger partial charge in [-0.2, -0.15) is 5.10 Å². The van der Waals surface area contributed by atoms with E-state index in [1.54, 1.807) is 25.6 Å². The van der Waals surface area contributed by atoms with Gasteiger partial charge in [-0.3, -0.25) is 29.7 Å². The van der Waals surface area contributed by atoms with Gasteiger partial charge in [-0.15, -0.1) is 0 Å². The lowest BCUT2D eigenvalue weighted by Gasteiger charge is -2.31. The molecule has 22 heavy (non-hydrogen) atoms. The van der Waals surface area contributed by atoms with E-state index in [-0.39, 0.29) is 16.9 Å². The summed E-state index contributed by atoms with van der Waals surface area (Å²) in [4.78, 5) is 48.0. The zero-order chi connectivity index (χ0) is 16.2. The number of nitrogens with one attached hydrogen (secondary N) is 2. The molecule has 8 nitrogen and oxygen atoms in total. The van der Waals surface area contributed by atoms with Crippen LogP contribution in [0.3, 0.4) is 0 Å². The van der Waals surface area contributed by atoms with Gasteiger partial charge in [0, 0.05) is 35.7 Å². The molecule has 1 aromatic rings. The second kappa shape index (κ2) is 4.36. The van der Waals surface area contributed by atoms with Crippen LogP contribution in [0.25, 0.3) is 5.57 Å². The van der Waals surface area contributed by atoms with Gasteiger partial charge in [0.25, 0.3) is 11.8 Å². The molecular weight excluding hydrogens is 288 g/mol. The van der Waals surface area contributed by atoms with Crippen molar-refractivity contribution in [2.24, 2.45) is 12.5 Å². The molecule has 2 aliphatic rings. The van der Waals surface area contributed by atoms with E-state index in [0.29, 0.717) is 12.0 Å². The van der Waals surface area contributed by atoms with Crippen molar-refractivity contribution in [3.8, 4) is 0 Å². The van der Waals surface area contributed by atoms with Gasteiger partial charge in [-0.25, -0.2) is 4.79 Å². The summed E-state index contributed by atoms with van der Waals surface area (Å²) in [5.74, 6) is -2.06. The predicted molar refractivity (Wildman–Crippen MR) is 74.3 cm³/mol. The minimum atomic E-state index is -0.895. The monoisotopic (exact) mass is 302 g/mol. The first kappa shape index (κ1) is 14.2. The SMILES string of the molecule is Cn1ncc2c1CC(C)(C)C(=O)C2=C1C(=O)NC(=O)NC1=O. The number of ketones is 1. The summed E-state index contributed by atoms with van der Waals surface area (Å²) in [7, 11) is 1.73. The number of urea groups is 1. The highest BCUT2D eigenvalue weighted by atomic mass is 16.2. The molecule has 114 valence electrons. The number of fused-ring (bicyclic) bond motifs is 1. The maximum atomic E-state index is 12.8. The molecule has 0 unspecified atom stereocenters. The van der Waals surface area contributed by atoms with Crippen LogP contribution in [-0.4, -0.2) is 33.4 Å². The molecule has 0 bridgehead atoms. The van der Waals surface area contributed by atoms with Crippen LogP contribution in [-0.2, 0) is 27.9 Å². The molecule has 1 aliphatic heterocycles. The van der Waals surface area contributed by atoms with Gasteiger partial charge in [0.05, 0.1) is 6.20 Å². The molecular formula is C14H14N4O4. The Hall–Kier alpha value is -2.77. The molecule has 1 fully saturated rings. The molecule has 3 rings (SSSR count). The van der Waals surface area contributed by atoms with Crippen LogP contribution in [0, 0.1) is 5.41 Å². The summed E-state index contributed by atoms with van der Waals surface area (Å²) in [6, 6.07) is -0.895. The number of carbonyl (C=O) groups excluding carboxylic acids is 4. The molecule has 2 heterocycles. The number of barbiturate groups is 1. The van der Waals surface area contributed by atoms with E-state index in [2.05, 4.69) is 5.10 Å². The Kier molecular flexibility index (Phi) is 2.81. The standard InChI is InChI=1S/C14H14N4O4/c1-14(2)4-7-6(5-15-18(7)3)8(10(14)19)9-11(20)16-13(22)17-12(9)21/h5H,4H2,1-3H3,(H2,16,17,20,21,22). The molecule has 1 aliphatic carbocycles. The minimum Gasteiger partial charge on any atom is -0.294 e. The summed E-state index contributed by atoms with van der Waals surface area (Å²) in [5.41, 5.74) is 0.130. The number of aryl methyl sites for hydroxylation is 1. The molecule has 1 aromatic heterocycles. The zero-order valence-electron chi connectivity index (χ0n) is 12.3. The predicted octanol–water partition coefficient (Wildman–Crippen LogP) is -0.309. The van der Waals surface area contributed by atoms with Gasteiger partial charge in [0.15, 0.2) is 5.78 Å². The summed E-state index contributed by atoms with van der Waals surface area (Å²) in [6.45, 7) is 3.49. The van der Waals surface area contributed by atoms with Crippen molar-refractivity contribution in [2.45, 2.75) is 20.3 Å².